The Hall–Kier alpha value is -4.86. The van der Waals surface area contributed by atoms with Gasteiger partial charge in [-0.3, -0.25) is 0 Å². The van der Waals surface area contributed by atoms with Crippen molar-refractivity contribution in [3.8, 4) is 16.8 Å². The highest BCUT2D eigenvalue weighted by atomic mass is 32.1. The van der Waals surface area contributed by atoms with Crippen molar-refractivity contribution in [1.29, 1.82) is 0 Å². The standard InChI is InChI=1S/C36H21NOS/c1-4-16-28-22(10-1)23-11-2-5-17-29(23)37(28)30-18-7-15-27-34-24(13-8-19-31(34)38-36(27)30)25-14-9-21-33-35(25)26-12-3-6-20-32(26)39-33/h1-21H. The van der Waals surface area contributed by atoms with E-state index < -0.39 is 0 Å². The summed E-state index contributed by atoms with van der Waals surface area (Å²) < 4.78 is 11.7. The molecule has 3 heterocycles. The number of nitrogens with zero attached hydrogens (tertiary/aromatic N) is 1. The number of fused-ring (bicyclic) bond motifs is 9. The average Bonchev–Trinajstić information content (AvgIpc) is 3.66. The first kappa shape index (κ1) is 21.1. The number of para-hydroxylation sites is 3. The molecular weight excluding hydrogens is 494 g/mol. The van der Waals surface area contributed by atoms with E-state index in [1.54, 1.807) is 0 Å². The lowest BCUT2D eigenvalue weighted by atomic mass is 9.95. The van der Waals surface area contributed by atoms with Gasteiger partial charge in [0.1, 0.15) is 5.58 Å². The van der Waals surface area contributed by atoms with Crippen molar-refractivity contribution in [2.45, 2.75) is 0 Å². The van der Waals surface area contributed by atoms with Crippen LogP contribution in [0, 0.1) is 0 Å². The lowest BCUT2D eigenvalue weighted by molar-refractivity contribution is 0.666. The molecular formula is C36H21NOS. The number of rotatable bonds is 2. The normalized spacial score (nSPS) is 12.1. The highest BCUT2D eigenvalue weighted by molar-refractivity contribution is 7.25. The Morgan fingerprint density at radius 2 is 1.05 bits per heavy atom. The fourth-order valence-electron chi connectivity index (χ4n) is 6.41. The molecule has 182 valence electrons. The molecule has 0 aliphatic heterocycles. The second-order valence-corrected chi connectivity index (χ2v) is 11.2. The zero-order chi connectivity index (χ0) is 25.5. The first-order valence-corrected chi connectivity index (χ1v) is 14.0. The minimum atomic E-state index is 0.909. The lowest BCUT2D eigenvalue weighted by Crippen LogP contribution is -1.94. The Morgan fingerprint density at radius 1 is 0.462 bits per heavy atom. The first-order valence-electron chi connectivity index (χ1n) is 13.2. The van der Waals surface area contributed by atoms with Crippen molar-refractivity contribution < 1.29 is 4.42 Å². The molecule has 0 amide bonds. The van der Waals surface area contributed by atoms with E-state index in [1.165, 1.54) is 53.1 Å². The summed E-state index contributed by atoms with van der Waals surface area (Å²) in [6, 6.07) is 45.6. The van der Waals surface area contributed by atoms with Crippen LogP contribution in [0.4, 0.5) is 0 Å². The number of thiophene rings is 1. The summed E-state index contributed by atoms with van der Waals surface area (Å²) in [4.78, 5) is 0. The molecule has 0 N–H and O–H groups in total. The van der Waals surface area contributed by atoms with Crippen LogP contribution < -0.4 is 0 Å². The molecule has 6 aromatic carbocycles. The number of hydrogen-bond donors (Lipinski definition) is 0. The molecule has 9 aromatic rings. The number of hydrogen-bond acceptors (Lipinski definition) is 2. The van der Waals surface area contributed by atoms with Crippen molar-refractivity contribution in [2.75, 3.05) is 0 Å². The smallest absolute Gasteiger partial charge is 0.159 e. The van der Waals surface area contributed by atoms with Gasteiger partial charge in [0.25, 0.3) is 0 Å². The molecule has 0 bridgehead atoms. The van der Waals surface area contributed by atoms with Crippen molar-refractivity contribution in [3.05, 3.63) is 127 Å². The van der Waals surface area contributed by atoms with Gasteiger partial charge in [0.2, 0.25) is 0 Å². The van der Waals surface area contributed by atoms with Crippen LogP contribution >= 0.6 is 11.3 Å². The van der Waals surface area contributed by atoms with E-state index >= 15 is 0 Å². The van der Waals surface area contributed by atoms with Gasteiger partial charge < -0.3 is 8.98 Å². The molecule has 3 heteroatoms. The van der Waals surface area contributed by atoms with Gasteiger partial charge in [-0.2, -0.15) is 0 Å². The molecule has 0 fully saturated rings. The molecule has 2 nitrogen and oxygen atoms in total. The Morgan fingerprint density at radius 3 is 1.85 bits per heavy atom. The second kappa shape index (κ2) is 7.83. The summed E-state index contributed by atoms with van der Waals surface area (Å²) in [5.41, 5.74) is 7.70. The van der Waals surface area contributed by atoms with Gasteiger partial charge in [-0.25, -0.2) is 0 Å². The summed E-state index contributed by atoms with van der Waals surface area (Å²) in [6.07, 6.45) is 0. The summed E-state index contributed by atoms with van der Waals surface area (Å²) in [5.74, 6) is 0. The molecule has 0 spiro atoms. The fraction of sp³-hybridized carbons (Fsp3) is 0. The minimum Gasteiger partial charge on any atom is -0.454 e. The number of benzene rings is 6. The monoisotopic (exact) mass is 515 g/mol. The Labute approximate surface area is 227 Å². The van der Waals surface area contributed by atoms with Crippen LogP contribution in [0.15, 0.2) is 132 Å². The van der Waals surface area contributed by atoms with Gasteiger partial charge >= 0.3 is 0 Å². The molecule has 0 aliphatic rings. The summed E-state index contributed by atoms with van der Waals surface area (Å²) >= 11 is 1.86. The van der Waals surface area contributed by atoms with Crippen LogP contribution in [-0.4, -0.2) is 4.57 Å². The molecule has 3 aromatic heterocycles. The molecule has 0 unspecified atom stereocenters. The number of aromatic nitrogens is 1. The quantitative estimate of drug-likeness (QED) is 0.224. The second-order valence-electron chi connectivity index (χ2n) is 10.1. The summed E-state index contributed by atoms with van der Waals surface area (Å²) in [5, 5.41) is 7.42. The third-order valence-corrected chi connectivity index (χ3v) is 9.15. The summed E-state index contributed by atoms with van der Waals surface area (Å²) in [7, 11) is 0. The third kappa shape index (κ3) is 2.85. The van der Waals surface area contributed by atoms with E-state index in [4.69, 9.17) is 4.42 Å². The van der Waals surface area contributed by atoms with Crippen molar-refractivity contribution >= 4 is 75.3 Å². The predicted molar refractivity (Wildman–Crippen MR) is 166 cm³/mol. The van der Waals surface area contributed by atoms with E-state index in [0.29, 0.717) is 0 Å². The van der Waals surface area contributed by atoms with Gasteiger partial charge in [-0.1, -0.05) is 91.0 Å². The fourth-order valence-corrected chi connectivity index (χ4v) is 7.55. The number of furan rings is 1. The highest BCUT2D eigenvalue weighted by Crippen LogP contribution is 2.45. The molecule has 0 saturated carbocycles. The van der Waals surface area contributed by atoms with Crippen LogP contribution in [-0.2, 0) is 0 Å². The zero-order valence-electron chi connectivity index (χ0n) is 20.9. The van der Waals surface area contributed by atoms with Crippen LogP contribution in [0.1, 0.15) is 0 Å². The maximum Gasteiger partial charge on any atom is 0.159 e. The average molecular weight is 516 g/mol. The maximum atomic E-state index is 6.73. The van der Waals surface area contributed by atoms with E-state index in [0.717, 1.165) is 27.6 Å². The molecule has 0 atom stereocenters. The van der Waals surface area contributed by atoms with E-state index in [9.17, 15) is 0 Å². The predicted octanol–water partition coefficient (Wildman–Crippen LogP) is 10.7. The molecule has 39 heavy (non-hydrogen) atoms. The zero-order valence-corrected chi connectivity index (χ0v) is 21.7. The van der Waals surface area contributed by atoms with Crippen molar-refractivity contribution in [3.63, 3.8) is 0 Å². The lowest BCUT2D eigenvalue weighted by Gasteiger charge is -2.09. The largest absolute Gasteiger partial charge is 0.454 e. The van der Waals surface area contributed by atoms with Gasteiger partial charge in [0, 0.05) is 41.7 Å². The van der Waals surface area contributed by atoms with Crippen molar-refractivity contribution in [2.24, 2.45) is 0 Å². The molecule has 9 rings (SSSR count). The van der Waals surface area contributed by atoms with Crippen LogP contribution in [0.5, 0.6) is 0 Å². The van der Waals surface area contributed by atoms with Crippen LogP contribution in [0.2, 0.25) is 0 Å². The first-order chi connectivity index (χ1) is 19.4. The van der Waals surface area contributed by atoms with E-state index in [1.807, 2.05) is 11.3 Å². The Kier molecular flexibility index (Phi) is 4.24. The third-order valence-electron chi connectivity index (χ3n) is 8.02. The topological polar surface area (TPSA) is 18.1 Å². The van der Waals surface area contributed by atoms with E-state index in [2.05, 4.69) is 132 Å². The Bertz CT molecular complexity index is 2350. The van der Waals surface area contributed by atoms with Gasteiger partial charge in [0.05, 0.1) is 16.7 Å². The SMILES string of the molecule is c1cc(-c2cccc3sc4ccccc4c23)c2c(c1)oc1c(-n3c4ccccc4c4ccccc43)cccc12. The van der Waals surface area contributed by atoms with Crippen LogP contribution in [0.25, 0.3) is 80.7 Å². The van der Waals surface area contributed by atoms with Crippen molar-refractivity contribution in [1.82, 2.24) is 4.57 Å². The van der Waals surface area contributed by atoms with Crippen LogP contribution in [0.3, 0.4) is 0 Å². The van der Waals surface area contributed by atoms with Gasteiger partial charge in [-0.15, -0.1) is 11.3 Å². The molecule has 0 saturated heterocycles. The molecule has 0 radical (unpaired) electrons. The Balaban J connectivity index is 1.40. The van der Waals surface area contributed by atoms with Gasteiger partial charge in [-0.05, 0) is 47.5 Å². The molecule has 0 aliphatic carbocycles. The van der Waals surface area contributed by atoms with E-state index in [-0.39, 0.29) is 0 Å². The highest BCUT2D eigenvalue weighted by Gasteiger charge is 2.20. The summed E-state index contributed by atoms with van der Waals surface area (Å²) in [6.45, 7) is 0. The van der Waals surface area contributed by atoms with Gasteiger partial charge in [0.15, 0.2) is 5.58 Å². The maximum absolute atomic E-state index is 6.73. The minimum absolute atomic E-state index is 0.909.